The minimum absolute atomic E-state index is 0.286. The third kappa shape index (κ3) is 2.11. The first-order valence-corrected chi connectivity index (χ1v) is 7.66. The van der Waals surface area contributed by atoms with Crippen molar-refractivity contribution in [2.24, 2.45) is 11.8 Å². The van der Waals surface area contributed by atoms with Crippen LogP contribution in [0.25, 0.3) is 0 Å². The third-order valence-corrected chi connectivity index (χ3v) is 5.09. The summed E-state index contributed by atoms with van der Waals surface area (Å²) >= 11 is 0. The van der Waals surface area contributed by atoms with E-state index < -0.39 is 29.4 Å². The van der Waals surface area contributed by atoms with E-state index in [0.717, 1.165) is 10.5 Å². The average molecular weight is 332 g/mol. The number of nitrogens with one attached hydrogen (secondary N) is 1. The van der Waals surface area contributed by atoms with E-state index in [0.29, 0.717) is 5.75 Å². The summed E-state index contributed by atoms with van der Waals surface area (Å²) in [5, 5.41) is 3.17. The molecule has 2 aliphatic rings. The molecule has 1 N–H and O–H groups in total. The number of esters is 1. The molecule has 0 radical (unpaired) electrons. The van der Waals surface area contributed by atoms with E-state index in [1.807, 2.05) is 12.1 Å². The number of imide groups is 1. The maximum absolute atomic E-state index is 12.6. The maximum atomic E-state index is 12.6. The van der Waals surface area contributed by atoms with E-state index in [2.05, 4.69) is 5.32 Å². The number of likely N-dealkylation sites (tertiary alicyclic amines) is 1. The normalized spacial score (nSPS) is 32.0. The van der Waals surface area contributed by atoms with Crippen LogP contribution in [0.2, 0.25) is 0 Å². The van der Waals surface area contributed by atoms with Gasteiger partial charge in [-0.3, -0.25) is 24.6 Å². The number of ether oxygens (including phenoxy) is 2. The predicted octanol–water partition coefficient (Wildman–Crippen LogP) is 0.502. The molecule has 0 bridgehead atoms. The minimum atomic E-state index is -1.25. The van der Waals surface area contributed by atoms with E-state index >= 15 is 0 Å². The van der Waals surface area contributed by atoms with Crippen LogP contribution in [0, 0.1) is 11.8 Å². The Morgan fingerprint density at radius 3 is 2.33 bits per heavy atom. The van der Waals surface area contributed by atoms with E-state index in [9.17, 15) is 14.4 Å². The van der Waals surface area contributed by atoms with Crippen molar-refractivity contribution < 1.29 is 23.9 Å². The fourth-order valence-corrected chi connectivity index (χ4v) is 3.78. The van der Waals surface area contributed by atoms with Crippen molar-refractivity contribution in [2.45, 2.75) is 18.5 Å². The zero-order chi connectivity index (χ0) is 17.6. The van der Waals surface area contributed by atoms with Crippen molar-refractivity contribution in [2.75, 3.05) is 21.3 Å². The van der Waals surface area contributed by atoms with Gasteiger partial charge in [-0.2, -0.15) is 0 Å². The zero-order valence-electron chi connectivity index (χ0n) is 14.0. The molecular weight excluding hydrogens is 312 g/mol. The monoisotopic (exact) mass is 332 g/mol. The molecule has 2 saturated heterocycles. The summed E-state index contributed by atoms with van der Waals surface area (Å²) in [6, 6.07) is 6.76. The lowest BCUT2D eigenvalue weighted by molar-refractivity contribution is -0.152. The highest BCUT2D eigenvalue weighted by Crippen LogP contribution is 2.48. The zero-order valence-corrected chi connectivity index (χ0v) is 14.0. The van der Waals surface area contributed by atoms with Crippen molar-refractivity contribution in [3.8, 4) is 5.75 Å². The van der Waals surface area contributed by atoms with Crippen LogP contribution in [0.5, 0.6) is 5.75 Å². The van der Waals surface area contributed by atoms with Gasteiger partial charge in [-0.05, 0) is 24.6 Å². The summed E-state index contributed by atoms with van der Waals surface area (Å²) in [6.07, 6.45) is 0. The number of carbonyl (C=O) groups is 3. The van der Waals surface area contributed by atoms with Crippen LogP contribution < -0.4 is 10.1 Å². The Morgan fingerprint density at radius 1 is 1.17 bits per heavy atom. The standard InChI is InChI=1S/C17H20N2O5/c1-17(16(22)24-4)12-11(14(20)19(2)15(12)21)13(18-17)9-5-7-10(23-3)8-6-9/h5-8,11-13,18H,1-4H3/t11-,12+,13-,17-/m1/s1. The number of nitrogens with zero attached hydrogens (tertiary/aromatic N) is 1. The molecule has 7 heteroatoms. The number of benzene rings is 1. The van der Waals surface area contributed by atoms with E-state index in [-0.39, 0.29) is 11.8 Å². The van der Waals surface area contributed by atoms with Gasteiger partial charge in [0.2, 0.25) is 11.8 Å². The second-order valence-corrected chi connectivity index (χ2v) is 6.33. The fraction of sp³-hybridized carbons (Fsp3) is 0.471. The quantitative estimate of drug-likeness (QED) is 0.641. The van der Waals surface area contributed by atoms with Gasteiger partial charge in [-0.1, -0.05) is 12.1 Å². The molecule has 1 aromatic carbocycles. The SMILES string of the molecule is COC(=O)[C@]1(C)N[C@H](c2ccc(OC)cc2)[C@@H]2C(=O)N(C)C(=O)[C@H]21. The van der Waals surface area contributed by atoms with Crippen LogP contribution in [0.4, 0.5) is 0 Å². The summed E-state index contributed by atoms with van der Waals surface area (Å²) in [4.78, 5) is 38.6. The molecule has 2 fully saturated rings. The first kappa shape index (κ1) is 16.4. The van der Waals surface area contributed by atoms with Crippen LogP contribution in [0.15, 0.2) is 24.3 Å². The smallest absolute Gasteiger partial charge is 0.326 e. The van der Waals surface area contributed by atoms with Crippen LogP contribution in [0.1, 0.15) is 18.5 Å². The lowest BCUT2D eigenvalue weighted by Gasteiger charge is -2.27. The molecular formula is C17H20N2O5. The van der Waals surface area contributed by atoms with Gasteiger partial charge in [0.15, 0.2) is 0 Å². The fourth-order valence-electron chi connectivity index (χ4n) is 3.78. The average Bonchev–Trinajstić information content (AvgIpc) is 3.04. The molecule has 128 valence electrons. The highest BCUT2D eigenvalue weighted by Gasteiger charge is 2.66. The molecule has 0 aromatic heterocycles. The second kappa shape index (κ2) is 5.59. The number of carbonyl (C=O) groups excluding carboxylic acids is 3. The highest BCUT2D eigenvalue weighted by molar-refractivity contribution is 6.09. The van der Waals surface area contributed by atoms with Crippen LogP contribution in [0.3, 0.4) is 0 Å². The van der Waals surface area contributed by atoms with Crippen LogP contribution in [-0.4, -0.2) is 49.5 Å². The first-order valence-electron chi connectivity index (χ1n) is 7.66. The molecule has 2 heterocycles. The molecule has 0 aliphatic carbocycles. The van der Waals surface area contributed by atoms with Gasteiger partial charge >= 0.3 is 5.97 Å². The number of amides is 2. The lowest BCUT2D eigenvalue weighted by atomic mass is 9.80. The van der Waals surface area contributed by atoms with Gasteiger partial charge in [0.05, 0.1) is 26.1 Å². The second-order valence-electron chi connectivity index (χ2n) is 6.33. The summed E-state index contributed by atoms with van der Waals surface area (Å²) < 4.78 is 10.0. The molecule has 2 amide bonds. The first-order chi connectivity index (χ1) is 11.3. The Bertz CT molecular complexity index is 701. The van der Waals surface area contributed by atoms with Gasteiger partial charge in [0, 0.05) is 13.1 Å². The summed E-state index contributed by atoms with van der Waals surface area (Å²) in [6.45, 7) is 1.62. The summed E-state index contributed by atoms with van der Waals surface area (Å²) in [5.41, 5.74) is -0.434. The number of hydrogen-bond donors (Lipinski definition) is 1. The molecule has 24 heavy (non-hydrogen) atoms. The van der Waals surface area contributed by atoms with Gasteiger partial charge < -0.3 is 9.47 Å². The Hall–Kier alpha value is -2.41. The molecule has 0 spiro atoms. The van der Waals surface area contributed by atoms with Gasteiger partial charge in [0.1, 0.15) is 11.3 Å². The van der Waals surface area contributed by atoms with Gasteiger partial charge in [-0.25, -0.2) is 0 Å². The van der Waals surface area contributed by atoms with E-state index in [1.54, 1.807) is 26.2 Å². The molecule has 0 unspecified atom stereocenters. The lowest BCUT2D eigenvalue weighted by Crippen LogP contribution is -2.53. The predicted molar refractivity (Wildman–Crippen MR) is 84.0 cm³/mol. The molecule has 7 nitrogen and oxygen atoms in total. The minimum Gasteiger partial charge on any atom is -0.497 e. The summed E-state index contributed by atoms with van der Waals surface area (Å²) in [5.74, 6) is -1.93. The third-order valence-electron chi connectivity index (χ3n) is 5.09. The Labute approximate surface area is 139 Å². The van der Waals surface area contributed by atoms with Crippen molar-refractivity contribution >= 4 is 17.8 Å². The van der Waals surface area contributed by atoms with Crippen LogP contribution in [-0.2, 0) is 19.1 Å². The molecule has 0 saturated carbocycles. The number of fused-ring (bicyclic) bond motifs is 1. The topological polar surface area (TPSA) is 84.9 Å². The molecule has 4 atom stereocenters. The van der Waals surface area contributed by atoms with Gasteiger partial charge in [0.25, 0.3) is 0 Å². The van der Waals surface area contributed by atoms with Crippen LogP contribution >= 0.6 is 0 Å². The molecule has 1 aromatic rings. The number of hydrogen-bond acceptors (Lipinski definition) is 6. The van der Waals surface area contributed by atoms with E-state index in [4.69, 9.17) is 9.47 Å². The van der Waals surface area contributed by atoms with Crippen molar-refractivity contribution in [3.63, 3.8) is 0 Å². The van der Waals surface area contributed by atoms with Crippen molar-refractivity contribution in [3.05, 3.63) is 29.8 Å². The Kier molecular flexibility index (Phi) is 3.83. The summed E-state index contributed by atoms with van der Waals surface area (Å²) in [7, 11) is 4.29. The molecule has 3 rings (SSSR count). The highest BCUT2D eigenvalue weighted by atomic mass is 16.5. The Balaban J connectivity index is 2.06. The van der Waals surface area contributed by atoms with E-state index in [1.165, 1.54) is 14.2 Å². The number of rotatable bonds is 3. The van der Waals surface area contributed by atoms with Crippen molar-refractivity contribution in [1.82, 2.24) is 10.2 Å². The number of methoxy groups -OCH3 is 2. The maximum Gasteiger partial charge on any atom is 0.326 e. The van der Waals surface area contributed by atoms with Crippen molar-refractivity contribution in [1.29, 1.82) is 0 Å². The Morgan fingerprint density at radius 2 is 1.79 bits per heavy atom. The largest absolute Gasteiger partial charge is 0.497 e. The van der Waals surface area contributed by atoms with Gasteiger partial charge in [-0.15, -0.1) is 0 Å². The molecule has 2 aliphatic heterocycles.